The minimum atomic E-state index is -0.571. The molecule has 0 aromatic heterocycles. The molecule has 176 valence electrons. The first-order valence-corrected chi connectivity index (χ1v) is 12.1. The van der Waals surface area contributed by atoms with Crippen molar-refractivity contribution in [3.05, 3.63) is 35.9 Å². The summed E-state index contributed by atoms with van der Waals surface area (Å²) in [6, 6.07) is 10.6. The topological polar surface area (TPSA) is 56.3 Å². The zero-order chi connectivity index (χ0) is 22.7. The van der Waals surface area contributed by atoms with Crippen molar-refractivity contribution in [1.82, 2.24) is 19.6 Å². The number of rotatable bonds is 4. The third kappa shape index (κ3) is 5.62. The van der Waals surface area contributed by atoms with Gasteiger partial charge in [0.25, 0.3) is 0 Å². The summed E-state index contributed by atoms with van der Waals surface area (Å²) >= 11 is 0. The molecule has 1 aromatic carbocycles. The van der Waals surface area contributed by atoms with Gasteiger partial charge >= 0.3 is 6.09 Å². The lowest BCUT2D eigenvalue weighted by Crippen LogP contribution is -2.64. The zero-order valence-electron chi connectivity index (χ0n) is 19.8. The first kappa shape index (κ1) is 23.1. The molecule has 32 heavy (non-hydrogen) atoms. The van der Waals surface area contributed by atoms with Gasteiger partial charge in [0, 0.05) is 58.4 Å². The molecule has 0 spiro atoms. The maximum atomic E-state index is 13.6. The van der Waals surface area contributed by atoms with Crippen LogP contribution in [0.4, 0.5) is 4.79 Å². The van der Waals surface area contributed by atoms with Crippen LogP contribution >= 0.6 is 0 Å². The smallest absolute Gasteiger partial charge is 0.411 e. The number of piperazine rings is 2. The van der Waals surface area contributed by atoms with E-state index in [9.17, 15) is 9.59 Å². The van der Waals surface area contributed by atoms with Gasteiger partial charge in [-0.25, -0.2) is 4.79 Å². The van der Waals surface area contributed by atoms with Crippen molar-refractivity contribution in [2.24, 2.45) is 0 Å². The van der Waals surface area contributed by atoms with Crippen molar-refractivity contribution >= 4 is 12.0 Å². The fourth-order valence-corrected chi connectivity index (χ4v) is 4.82. The highest BCUT2D eigenvalue weighted by atomic mass is 16.6. The predicted octanol–water partition coefficient (Wildman–Crippen LogP) is 2.80. The molecule has 1 atom stereocenters. The Morgan fingerprint density at radius 2 is 1.66 bits per heavy atom. The number of hydrogen-bond acceptors (Lipinski definition) is 5. The van der Waals surface area contributed by atoms with E-state index >= 15 is 0 Å². The third-order valence-corrected chi connectivity index (χ3v) is 6.85. The van der Waals surface area contributed by atoms with E-state index in [0.29, 0.717) is 32.2 Å². The molecule has 0 radical (unpaired) electrons. The van der Waals surface area contributed by atoms with Gasteiger partial charge in [-0.05, 0) is 39.2 Å². The van der Waals surface area contributed by atoms with Crippen LogP contribution in [0.3, 0.4) is 0 Å². The first-order chi connectivity index (χ1) is 15.3. The Balaban J connectivity index is 1.39. The highest BCUT2D eigenvalue weighted by Gasteiger charge is 2.42. The minimum Gasteiger partial charge on any atom is -0.444 e. The summed E-state index contributed by atoms with van der Waals surface area (Å²) in [5.74, 6) is 0.0687. The van der Waals surface area contributed by atoms with Crippen molar-refractivity contribution in [2.45, 2.75) is 64.3 Å². The van der Waals surface area contributed by atoms with E-state index in [-0.39, 0.29) is 12.0 Å². The van der Waals surface area contributed by atoms with Gasteiger partial charge in [0.05, 0.1) is 0 Å². The molecule has 0 bridgehead atoms. The van der Waals surface area contributed by atoms with E-state index in [2.05, 4.69) is 34.1 Å². The Kier molecular flexibility index (Phi) is 7.05. The van der Waals surface area contributed by atoms with Crippen LogP contribution in [0.25, 0.3) is 0 Å². The van der Waals surface area contributed by atoms with E-state index in [1.165, 1.54) is 24.8 Å². The zero-order valence-corrected chi connectivity index (χ0v) is 19.8. The third-order valence-electron chi connectivity index (χ3n) is 6.85. The van der Waals surface area contributed by atoms with Crippen LogP contribution in [0.1, 0.15) is 45.6 Å². The number of nitrogens with zero attached hydrogens (tertiary/aromatic N) is 4. The van der Waals surface area contributed by atoms with Crippen LogP contribution in [0.2, 0.25) is 0 Å². The first-order valence-electron chi connectivity index (χ1n) is 12.1. The molecule has 0 N–H and O–H groups in total. The Morgan fingerprint density at radius 1 is 0.969 bits per heavy atom. The standard InChI is InChI=1S/C25H38N4O3/c1-25(2,3)32-24(31)29-17-16-28(21-10-7-11-21)19-22(29)23(30)27-14-12-26(13-15-27)18-20-8-5-4-6-9-20/h4-6,8-9,21-22H,7,10-19H2,1-3H3/t22-/m1/s1. The van der Waals surface area contributed by atoms with Gasteiger partial charge in [0.1, 0.15) is 11.6 Å². The molecule has 3 aliphatic rings. The number of carbonyl (C=O) groups is 2. The molecule has 1 aliphatic carbocycles. The molecule has 1 aromatic rings. The Labute approximate surface area is 192 Å². The molecule has 7 heteroatoms. The summed E-state index contributed by atoms with van der Waals surface area (Å²) < 4.78 is 5.65. The van der Waals surface area contributed by atoms with E-state index < -0.39 is 11.6 Å². The maximum absolute atomic E-state index is 13.6. The molecule has 2 aliphatic heterocycles. The highest BCUT2D eigenvalue weighted by molar-refractivity contribution is 5.86. The van der Waals surface area contributed by atoms with E-state index in [1.807, 2.05) is 31.7 Å². The largest absolute Gasteiger partial charge is 0.444 e. The Morgan fingerprint density at radius 3 is 2.25 bits per heavy atom. The van der Waals surface area contributed by atoms with Gasteiger partial charge in [-0.1, -0.05) is 36.8 Å². The van der Waals surface area contributed by atoms with Crippen molar-refractivity contribution < 1.29 is 14.3 Å². The van der Waals surface area contributed by atoms with Crippen molar-refractivity contribution in [3.8, 4) is 0 Å². The molecule has 4 rings (SSSR count). The molecule has 7 nitrogen and oxygen atoms in total. The summed E-state index contributed by atoms with van der Waals surface area (Å²) in [5, 5.41) is 0. The molecular formula is C25H38N4O3. The summed E-state index contributed by atoms with van der Waals surface area (Å²) in [6.07, 6.45) is 3.29. The number of carbonyl (C=O) groups excluding carboxylic acids is 2. The molecule has 0 unspecified atom stereocenters. The Hall–Kier alpha value is -2.12. The summed E-state index contributed by atoms with van der Waals surface area (Å²) in [4.78, 5) is 35.0. The molecule has 2 saturated heterocycles. The van der Waals surface area contributed by atoms with Gasteiger partial charge in [0.2, 0.25) is 5.91 Å². The van der Waals surface area contributed by atoms with Gasteiger partial charge < -0.3 is 9.64 Å². The highest BCUT2D eigenvalue weighted by Crippen LogP contribution is 2.28. The van der Waals surface area contributed by atoms with Gasteiger partial charge in [-0.2, -0.15) is 0 Å². The van der Waals surface area contributed by atoms with Gasteiger partial charge in [-0.3, -0.25) is 19.5 Å². The van der Waals surface area contributed by atoms with Crippen LogP contribution in [0, 0.1) is 0 Å². The summed E-state index contributed by atoms with van der Waals surface area (Å²) in [6.45, 7) is 11.6. The van der Waals surface area contributed by atoms with Crippen molar-refractivity contribution in [3.63, 3.8) is 0 Å². The quantitative estimate of drug-likeness (QED) is 0.718. The van der Waals surface area contributed by atoms with Crippen molar-refractivity contribution in [2.75, 3.05) is 45.8 Å². The lowest BCUT2D eigenvalue weighted by atomic mass is 9.90. The number of amides is 2. The second kappa shape index (κ2) is 9.79. The molecule has 1 saturated carbocycles. The second-order valence-electron chi connectivity index (χ2n) is 10.4. The lowest BCUT2D eigenvalue weighted by Gasteiger charge is -2.47. The monoisotopic (exact) mass is 442 g/mol. The average molecular weight is 443 g/mol. The van der Waals surface area contributed by atoms with Crippen LogP contribution in [0.15, 0.2) is 30.3 Å². The number of hydrogen-bond donors (Lipinski definition) is 0. The van der Waals surface area contributed by atoms with Crippen LogP contribution in [0.5, 0.6) is 0 Å². The SMILES string of the molecule is CC(C)(C)OC(=O)N1CCN(C2CCC2)C[C@@H]1C(=O)N1CCN(Cc2ccccc2)CC1. The van der Waals surface area contributed by atoms with Crippen LogP contribution < -0.4 is 0 Å². The molecule has 2 heterocycles. The van der Waals surface area contributed by atoms with Gasteiger partial charge in [0.15, 0.2) is 0 Å². The number of ether oxygens (including phenoxy) is 1. The molecule has 3 fully saturated rings. The lowest BCUT2D eigenvalue weighted by molar-refractivity contribution is -0.142. The average Bonchev–Trinajstić information content (AvgIpc) is 2.72. The fraction of sp³-hybridized carbons (Fsp3) is 0.680. The Bertz CT molecular complexity index is 782. The van der Waals surface area contributed by atoms with Crippen molar-refractivity contribution in [1.29, 1.82) is 0 Å². The summed E-state index contributed by atoms with van der Waals surface area (Å²) in [5.41, 5.74) is 0.727. The van der Waals surface area contributed by atoms with Crippen LogP contribution in [-0.4, -0.2) is 95.1 Å². The van der Waals surface area contributed by atoms with Gasteiger partial charge in [-0.15, -0.1) is 0 Å². The van der Waals surface area contributed by atoms with E-state index in [1.54, 1.807) is 4.90 Å². The molecular weight excluding hydrogens is 404 g/mol. The van der Waals surface area contributed by atoms with Crippen LogP contribution in [-0.2, 0) is 16.1 Å². The number of benzene rings is 1. The predicted molar refractivity (Wildman–Crippen MR) is 124 cm³/mol. The molecule has 2 amide bonds. The van der Waals surface area contributed by atoms with E-state index in [0.717, 1.165) is 26.2 Å². The van der Waals surface area contributed by atoms with E-state index in [4.69, 9.17) is 4.74 Å². The minimum absolute atomic E-state index is 0.0687. The normalized spacial score (nSPS) is 23.7. The summed E-state index contributed by atoms with van der Waals surface area (Å²) in [7, 11) is 0. The maximum Gasteiger partial charge on any atom is 0.411 e. The fourth-order valence-electron chi connectivity index (χ4n) is 4.82. The second-order valence-corrected chi connectivity index (χ2v) is 10.4.